The molecule has 0 amide bonds. The molecule has 6 nitrogen and oxygen atoms in total. The van der Waals surface area contributed by atoms with E-state index in [0.717, 1.165) is 22.1 Å². The van der Waals surface area contributed by atoms with Crippen LogP contribution in [0.15, 0.2) is 122 Å². The summed E-state index contributed by atoms with van der Waals surface area (Å²) in [5.41, 5.74) is 7.52. The lowest BCUT2D eigenvalue weighted by Crippen LogP contribution is -2.43. The molecule has 0 spiro atoms. The Kier molecular flexibility index (Phi) is 17.8. The quantitative estimate of drug-likeness (QED) is 0.0260. The Morgan fingerprint density at radius 3 is 1.32 bits per heavy atom. The van der Waals surface area contributed by atoms with Crippen molar-refractivity contribution in [3.05, 3.63) is 144 Å². The van der Waals surface area contributed by atoms with Gasteiger partial charge in [-0.15, -0.1) is 0 Å². The fourth-order valence-corrected chi connectivity index (χ4v) is 10.9. The van der Waals surface area contributed by atoms with Crippen molar-refractivity contribution in [1.82, 2.24) is 0 Å². The van der Waals surface area contributed by atoms with Gasteiger partial charge in [0.05, 0.1) is 60.1 Å². The highest BCUT2D eigenvalue weighted by atomic mass is 33.1. The highest BCUT2D eigenvalue weighted by Gasteiger charge is 2.18. The van der Waals surface area contributed by atoms with E-state index in [0.29, 0.717) is 0 Å². The summed E-state index contributed by atoms with van der Waals surface area (Å²) in [5, 5.41) is 5.16. The van der Waals surface area contributed by atoms with Gasteiger partial charge in [0.15, 0.2) is 12.4 Å². The van der Waals surface area contributed by atoms with E-state index in [1.807, 2.05) is 0 Å². The van der Waals surface area contributed by atoms with Crippen molar-refractivity contribution >= 4 is 78.8 Å². The first-order valence-corrected chi connectivity index (χ1v) is 25.5. The number of benzene rings is 4. The van der Waals surface area contributed by atoms with Gasteiger partial charge in [-0.3, -0.25) is 0 Å². The third-order valence-electron chi connectivity index (χ3n) is 12.3. The third kappa shape index (κ3) is 14.2. The van der Waals surface area contributed by atoms with Crippen LogP contribution >= 0.6 is 21.6 Å². The molecule has 0 fully saturated rings. The topological polar surface area (TPSA) is 14.2 Å². The molecular formula is C55H74N6S2+4. The van der Waals surface area contributed by atoms with Gasteiger partial charge in [-0.1, -0.05) is 82.3 Å². The number of hydrogen-bond acceptors (Lipinski definition) is 4. The molecule has 0 saturated carbocycles. The molecule has 6 rings (SSSR count). The Labute approximate surface area is 388 Å². The van der Waals surface area contributed by atoms with Gasteiger partial charge in [-0.25, -0.2) is 0 Å². The van der Waals surface area contributed by atoms with E-state index in [2.05, 4.69) is 243 Å². The summed E-state index contributed by atoms with van der Waals surface area (Å²) < 4.78 is 7.00. The Morgan fingerprint density at radius 1 is 0.429 bits per heavy atom. The molecule has 0 bridgehead atoms. The molecule has 0 aliphatic carbocycles. The number of nitrogens with zero attached hydrogens (tertiary/aromatic N) is 6. The molecule has 0 saturated heterocycles. The molecule has 6 aromatic rings. The van der Waals surface area contributed by atoms with Gasteiger partial charge >= 0.3 is 0 Å². The SMILES string of the molecule is CN(C)c1ccc(/C=C/c2cccc[n+]2CCCC[N+](C)(C)CCCSSCC[N+](C)(C)CCCC[n+]2ccccc2/C=C/c2ccc(N(C)C)c3ccccc23)c2ccccc12. The van der Waals surface area contributed by atoms with E-state index in [4.69, 9.17) is 0 Å². The molecule has 8 heteroatoms. The fourth-order valence-electron chi connectivity index (χ4n) is 8.54. The molecule has 0 unspecified atom stereocenters. The summed E-state index contributed by atoms with van der Waals surface area (Å²) >= 11 is 0. The zero-order valence-electron chi connectivity index (χ0n) is 39.5. The average molecular weight is 883 g/mol. The molecule has 2 heterocycles. The number of anilines is 2. The lowest BCUT2D eigenvalue weighted by Gasteiger charge is -2.30. The van der Waals surface area contributed by atoms with Crippen LogP contribution in [0, 0.1) is 0 Å². The minimum absolute atomic E-state index is 1.04. The zero-order chi connectivity index (χ0) is 44.7. The number of aryl methyl sites for hydroxylation is 2. The maximum absolute atomic E-state index is 2.41. The van der Waals surface area contributed by atoms with Gasteiger partial charge in [-0.2, -0.15) is 9.13 Å². The van der Waals surface area contributed by atoms with Crippen molar-refractivity contribution in [3.63, 3.8) is 0 Å². The molecule has 0 N–H and O–H groups in total. The van der Waals surface area contributed by atoms with Crippen LogP contribution in [0.4, 0.5) is 11.4 Å². The maximum atomic E-state index is 2.41. The molecule has 4 aromatic carbocycles. The first-order valence-electron chi connectivity index (χ1n) is 23.0. The number of unbranched alkanes of at least 4 members (excludes halogenated alkanes) is 2. The minimum Gasteiger partial charge on any atom is -0.377 e. The second-order valence-corrected chi connectivity index (χ2v) is 21.4. The third-order valence-corrected chi connectivity index (χ3v) is 14.8. The molecular weight excluding hydrogens is 809 g/mol. The fraction of sp³-hybridized carbons (Fsp3) is 0.382. The molecule has 63 heavy (non-hydrogen) atoms. The predicted molar refractivity (Wildman–Crippen MR) is 279 cm³/mol. The normalized spacial score (nSPS) is 12.3. The van der Waals surface area contributed by atoms with Crippen molar-refractivity contribution < 1.29 is 18.1 Å². The second-order valence-electron chi connectivity index (χ2n) is 18.7. The Balaban J connectivity index is 0.850. The van der Waals surface area contributed by atoms with Crippen LogP contribution in [0.5, 0.6) is 0 Å². The summed E-state index contributed by atoms with van der Waals surface area (Å²) in [5.74, 6) is 2.43. The van der Waals surface area contributed by atoms with Crippen molar-refractivity contribution in [2.75, 3.05) is 104 Å². The van der Waals surface area contributed by atoms with Crippen LogP contribution in [0.1, 0.15) is 54.6 Å². The Bertz CT molecular complexity index is 2270. The van der Waals surface area contributed by atoms with Gasteiger partial charge in [0.25, 0.3) is 0 Å². The Morgan fingerprint density at radius 2 is 0.841 bits per heavy atom. The van der Waals surface area contributed by atoms with E-state index >= 15 is 0 Å². The summed E-state index contributed by atoms with van der Waals surface area (Å²) in [7, 11) is 22.2. The largest absolute Gasteiger partial charge is 0.377 e. The molecule has 0 aliphatic rings. The molecule has 0 radical (unpaired) electrons. The van der Waals surface area contributed by atoms with Crippen LogP contribution in [0.2, 0.25) is 0 Å². The first kappa shape index (κ1) is 47.9. The summed E-state index contributed by atoms with van der Waals surface area (Å²) in [6.45, 7) is 6.96. The van der Waals surface area contributed by atoms with Gasteiger partial charge in [-0.05, 0) is 58.3 Å². The highest BCUT2D eigenvalue weighted by molar-refractivity contribution is 8.76. The van der Waals surface area contributed by atoms with E-state index in [1.165, 1.54) is 125 Å². The van der Waals surface area contributed by atoms with Gasteiger partial charge in [0.1, 0.15) is 13.1 Å². The van der Waals surface area contributed by atoms with Crippen molar-refractivity contribution in [3.8, 4) is 0 Å². The molecule has 332 valence electrons. The number of fused-ring (bicyclic) bond motifs is 2. The van der Waals surface area contributed by atoms with Gasteiger partial charge < -0.3 is 18.8 Å². The Hall–Kier alpha value is -4.60. The van der Waals surface area contributed by atoms with Crippen LogP contribution < -0.4 is 18.9 Å². The monoisotopic (exact) mass is 883 g/mol. The lowest BCUT2D eigenvalue weighted by molar-refractivity contribution is -0.890. The van der Waals surface area contributed by atoms with Crippen LogP contribution in [0.25, 0.3) is 45.8 Å². The highest BCUT2D eigenvalue weighted by Crippen LogP contribution is 2.31. The van der Waals surface area contributed by atoms with E-state index in [-0.39, 0.29) is 0 Å². The maximum Gasteiger partial charge on any atom is 0.205 e. The van der Waals surface area contributed by atoms with Crippen LogP contribution in [0.3, 0.4) is 0 Å². The molecule has 0 aliphatic heterocycles. The predicted octanol–water partition coefficient (Wildman–Crippen LogP) is 11.2. The summed E-state index contributed by atoms with van der Waals surface area (Å²) in [4.78, 5) is 4.39. The second kappa shape index (κ2) is 23.4. The van der Waals surface area contributed by atoms with Gasteiger partial charge in [0, 0.05) is 125 Å². The van der Waals surface area contributed by atoms with Crippen molar-refractivity contribution in [1.29, 1.82) is 0 Å². The van der Waals surface area contributed by atoms with E-state index in [9.17, 15) is 0 Å². The van der Waals surface area contributed by atoms with Crippen LogP contribution in [-0.4, -0.2) is 103 Å². The number of hydrogen-bond donors (Lipinski definition) is 0. The summed E-state index contributed by atoms with van der Waals surface area (Å²) in [6.07, 6.45) is 19.7. The summed E-state index contributed by atoms with van der Waals surface area (Å²) in [6, 6.07) is 39.5. The smallest absolute Gasteiger partial charge is 0.205 e. The lowest BCUT2D eigenvalue weighted by atomic mass is 10.0. The number of quaternary nitrogens is 2. The standard InChI is InChI=1S/C55H74N6S2/c1-56(2)54-34-30-46(50-24-9-11-26-52(50)54)28-32-48-22-13-15-36-58(48)38-17-19-40-60(5,6)42-21-44-62-63-45-43-61(7,8)41-20-18-39-59-37-16-14-23-49(59)33-29-47-31-35-55(57(3)4)53-27-12-10-25-51(47)53/h9-16,22-37H,17-21,38-45H2,1-8H3/q+4. The van der Waals surface area contributed by atoms with Crippen LogP contribution in [-0.2, 0) is 13.1 Å². The number of rotatable bonds is 24. The number of pyridine rings is 2. The molecule has 2 aromatic heterocycles. The number of aromatic nitrogens is 2. The zero-order valence-corrected chi connectivity index (χ0v) is 41.2. The first-order chi connectivity index (χ1) is 30.4. The van der Waals surface area contributed by atoms with Gasteiger partial charge in [0.2, 0.25) is 11.4 Å². The van der Waals surface area contributed by atoms with E-state index < -0.39 is 0 Å². The van der Waals surface area contributed by atoms with Crippen molar-refractivity contribution in [2.24, 2.45) is 0 Å². The molecule has 0 atom stereocenters. The minimum atomic E-state index is 1.04. The average Bonchev–Trinajstić information content (AvgIpc) is 3.27. The van der Waals surface area contributed by atoms with Crippen molar-refractivity contribution in [2.45, 2.75) is 45.2 Å². The van der Waals surface area contributed by atoms with E-state index in [1.54, 1.807) is 0 Å².